The van der Waals surface area contributed by atoms with E-state index in [2.05, 4.69) is 4.74 Å². The van der Waals surface area contributed by atoms with E-state index < -0.39 is 33.3 Å². The lowest BCUT2D eigenvalue weighted by Gasteiger charge is -2.26. The van der Waals surface area contributed by atoms with E-state index in [-0.39, 0.29) is 24.5 Å². The second-order valence-electron chi connectivity index (χ2n) is 5.32. The molecule has 2 atom stereocenters. The normalized spacial score (nSPS) is 20.9. The van der Waals surface area contributed by atoms with Gasteiger partial charge in [-0.2, -0.15) is 0 Å². The van der Waals surface area contributed by atoms with Gasteiger partial charge in [-0.1, -0.05) is 18.2 Å². The largest absolute Gasteiger partial charge is 0.508 e. The fourth-order valence-electron chi connectivity index (χ4n) is 2.39. The first-order chi connectivity index (χ1) is 11.9. The van der Waals surface area contributed by atoms with Crippen LogP contribution in [-0.2, 0) is 28.8 Å². The highest BCUT2D eigenvalue weighted by atomic mass is 32.2. The molecular weight excluding hydrogens is 348 g/mol. The Morgan fingerprint density at radius 3 is 2.60 bits per heavy atom. The molecule has 0 N–H and O–H groups in total. The van der Waals surface area contributed by atoms with Crippen molar-refractivity contribution in [1.29, 1.82) is 0 Å². The van der Waals surface area contributed by atoms with Gasteiger partial charge in [0, 0.05) is 0 Å². The molecule has 0 saturated carbocycles. The Balaban J connectivity index is 1.90. The van der Waals surface area contributed by atoms with E-state index in [4.69, 9.17) is 9.47 Å². The molecule has 1 fully saturated rings. The fraction of sp³-hybridized carbons (Fsp3) is 0.412. The van der Waals surface area contributed by atoms with Crippen LogP contribution in [0.4, 0.5) is 4.79 Å². The second kappa shape index (κ2) is 8.66. The van der Waals surface area contributed by atoms with Crippen LogP contribution in [0.2, 0.25) is 0 Å². The first-order valence-electron chi connectivity index (χ1n) is 7.90. The summed E-state index contributed by atoms with van der Waals surface area (Å²) >= 11 is 0. The van der Waals surface area contributed by atoms with Gasteiger partial charge in [0.1, 0.15) is 12.7 Å². The number of benzene rings is 1. The van der Waals surface area contributed by atoms with Crippen LogP contribution in [0.1, 0.15) is 19.8 Å². The Labute approximate surface area is 146 Å². The van der Waals surface area contributed by atoms with E-state index in [9.17, 15) is 18.0 Å². The van der Waals surface area contributed by atoms with Crippen molar-refractivity contribution in [3.63, 3.8) is 0 Å². The van der Waals surface area contributed by atoms with Crippen LogP contribution < -0.4 is 0 Å². The molecule has 0 amide bonds. The van der Waals surface area contributed by atoms with Crippen molar-refractivity contribution in [2.24, 2.45) is 0 Å². The maximum Gasteiger partial charge on any atom is 0.508 e. The molecule has 136 valence electrons. The van der Waals surface area contributed by atoms with Gasteiger partial charge in [-0.25, -0.2) is 13.2 Å². The van der Waals surface area contributed by atoms with E-state index in [1.165, 1.54) is 18.2 Å². The van der Waals surface area contributed by atoms with E-state index in [0.29, 0.717) is 6.42 Å². The second-order valence-corrected chi connectivity index (χ2v) is 7.45. The van der Waals surface area contributed by atoms with Crippen LogP contribution >= 0.6 is 0 Å². The molecule has 0 radical (unpaired) electrons. The molecule has 0 spiro atoms. The number of cyclic esters (lactones) is 1. The molecule has 2 rings (SSSR count). The molecular formula is C17H20O7S. The highest BCUT2D eigenvalue weighted by Crippen LogP contribution is 2.26. The molecule has 0 bridgehead atoms. The third-order valence-electron chi connectivity index (χ3n) is 3.60. The first-order valence-corrected chi connectivity index (χ1v) is 9.45. The number of ether oxygens (including phenoxy) is 3. The summed E-state index contributed by atoms with van der Waals surface area (Å²) < 4.78 is 39.6. The Morgan fingerprint density at radius 2 is 1.96 bits per heavy atom. The average molecular weight is 368 g/mol. The van der Waals surface area contributed by atoms with Crippen molar-refractivity contribution < 1.29 is 32.2 Å². The molecule has 1 heterocycles. The Morgan fingerprint density at radius 1 is 1.24 bits per heavy atom. The first kappa shape index (κ1) is 19.0. The number of rotatable bonds is 6. The van der Waals surface area contributed by atoms with Crippen molar-refractivity contribution in [2.45, 2.75) is 36.0 Å². The number of hydrogen-bond acceptors (Lipinski definition) is 7. The summed E-state index contributed by atoms with van der Waals surface area (Å²) in [6.45, 7) is 1.87. The third kappa shape index (κ3) is 5.06. The Kier molecular flexibility index (Phi) is 6.58. The minimum absolute atomic E-state index is 0.0153. The average Bonchev–Trinajstić information content (AvgIpc) is 2.59. The zero-order valence-corrected chi connectivity index (χ0v) is 14.6. The lowest BCUT2D eigenvalue weighted by Crippen LogP contribution is -2.39. The molecule has 0 aromatic heterocycles. The molecule has 7 nitrogen and oxygen atoms in total. The fourth-order valence-corrected chi connectivity index (χ4v) is 4.01. The summed E-state index contributed by atoms with van der Waals surface area (Å²) in [6, 6.07) is 7.84. The smallest absolute Gasteiger partial charge is 0.457 e. The van der Waals surface area contributed by atoms with Gasteiger partial charge >= 0.3 is 12.1 Å². The van der Waals surface area contributed by atoms with Gasteiger partial charge in [0.05, 0.1) is 11.5 Å². The quantitative estimate of drug-likeness (QED) is 0.561. The van der Waals surface area contributed by atoms with E-state index in [1.54, 1.807) is 31.2 Å². The predicted molar refractivity (Wildman–Crippen MR) is 88.6 cm³/mol. The topological polar surface area (TPSA) is 96.0 Å². The predicted octanol–water partition coefficient (Wildman–Crippen LogP) is 2.26. The standard InChI is InChI=1S/C17H20O7S/c1-2-22-17(19)23-12-6-7-13-10-11-15(16(18)24-13)25(20,21)14-8-4-3-5-9-14/h3-9,13,15H,2,10-12H2,1H3/b7-6+/t13-,15?/m0/s1. The molecule has 1 saturated heterocycles. The van der Waals surface area contributed by atoms with Crippen LogP contribution in [0.3, 0.4) is 0 Å². The number of esters is 1. The lowest BCUT2D eigenvalue weighted by atomic mass is 10.1. The van der Waals surface area contributed by atoms with Gasteiger partial charge in [-0.3, -0.25) is 4.79 Å². The van der Waals surface area contributed by atoms with Crippen molar-refractivity contribution in [3.05, 3.63) is 42.5 Å². The Hall–Kier alpha value is -2.35. The van der Waals surface area contributed by atoms with Gasteiger partial charge < -0.3 is 14.2 Å². The van der Waals surface area contributed by atoms with Gasteiger partial charge in [-0.05, 0) is 44.1 Å². The highest BCUT2D eigenvalue weighted by molar-refractivity contribution is 7.92. The van der Waals surface area contributed by atoms with E-state index in [0.717, 1.165) is 0 Å². The van der Waals surface area contributed by atoms with Crippen molar-refractivity contribution in [1.82, 2.24) is 0 Å². The summed E-state index contributed by atoms with van der Waals surface area (Å²) in [5.41, 5.74) is 0. The van der Waals surface area contributed by atoms with Crippen LogP contribution in [0.5, 0.6) is 0 Å². The van der Waals surface area contributed by atoms with Gasteiger partial charge in [-0.15, -0.1) is 0 Å². The minimum Gasteiger partial charge on any atom is -0.457 e. The molecule has 1 aromatic carbocycles. The van der Waals surface area contributed by atoms with Crippen LogP contribution in [0.25, 0.3) is 0 Å². The maximum absolute atomic E-state index is 12.5. The van der Waals surface area contributed by atoms with Crippen molar-refractivity contribution in [3.8, 4) is 0 Å². The minimum atomic E-state index is -3.76. The van der Waals surface area contributed by atoms with E-state index in [1.807, 2.05) is 0 Å². The Bertz CT molecular complexity index is 725. The monoisotopic (exact) mass is 368 g/mol. The summed E-state index contributed by atoms with van der Waals surface area (Å²) in [5, 5.41) is -1.20. The molecule has 1 aromatic rings. The van der Waals surface area contributed by atoms with Crippen molar-refractivity contribution >= 4 is 22.0 Å². The molecule has 1 aliphatic heterocycles. The van der Waals surface area contributed by atoms with Gasteiger partial charge in [0.2, 0.25) is 0 Å². The summed E-state index contributed by atoms with van der Waals surface area (Å²) in [5.74, 6) is -0.768. The molecule has 8 heteroatoms. The number of carbonyl (C=O) groups excluding carboxylic acids is 2. The number of hydrogen-bond donors (Lipinski definition) is 0. The van der Waals surface area contributed by atoms with Crippen LogP contribution in [0.15, 0.2) is 47.4 Å². The number of sulfone groups is 1. The molecule has 0 aliphatic carbocycles. The number of carbonyl (C=O) groups is 2. The molecule has 25 heavy (non-hydrogen) atoms. The zero-order chi connectivity index (χ0) is 18.3. The maximum atomic E-state index is 12.5. The summed E-state index contributed by atoms with van der Waals surface area (Å²) in [4.78, 5) is 23.2. The highest BCUT2D eigenvalue weighted by Gasteiger charge is 2.39. The lowest BCUT2D eigenvalue weighted by molar-refractivity contribution is -0.150. The zero-order valence-electron chi connectivity index (χ0n) is 13.8. The van der Waals surface area contributed by atoms with Crippen molar-refractivity contribution in [2.75, 3.05) is 13.2 Å². The van der Waals surface area contributed by atoms with Crippen LogP contribution in [-0.4, -0.2) is 45.1 Å². The SMILES string of the molecule is CCOC(=O)OC/C=C/[C@H]1CCC(S(=O)(=O)c2ccccc2)C(=O)O1. The molecule has 1 aliphatic rings. The van der Waals surface area contributed by atoms with E-state index >= 15 is 0 Å². The summed E-state index contributed by atoms with van der Waals surface area (Å²) in [6.07, 6.45) is 2.33. The van der Waals surface area contributed by atoms with Gasteiger partial charge in [0.25, 0.3) is 0 Å². The van der Waals surface area contributed by atoms with Crippen LogP contribution in [0, 0.1) is 0 Å². The molecule has 1 unspecified atom stereocenters. The third-order valence-corrected chi connectivity index (χ3v) is 5.71. The van der Waals surface area contributed by atoms with Gasteiger partial charge in [0.15, 0.2) is 15.1 Å². The summed E-state index contributed by atoms with van der Waals surface area (Å²) in [7, 11) is -3.76.